The highest BCUT2D eigenvalue weighted by molar-refractivity contribution is 6.00. The van der Waals surface area contributed by atoms with Crippen LogP contribution in [0.2, 0.25) is 0 Å². The van der Waals surface area contributed by atoms with Crippen LogP contribution in [0.1, 0.15) is 10.4 Å². The molecule has 0 bridgehead atoms. The van der Waals surface area contributed by atoms with E-state index in [1.807, 2.05) is 0 Å². The number of hydrogen-bond acceptors (Lipinski definition) is 3. The molecule has 0 saturated carbocycles. The van der Waals surface area contributed by atoms with Crippen molar-refractivity contribution in [1.29, 1.82) is 0 Å². The Morgan fingerprint density at radius 3 is 2.47 bits per heavy atom. The van der Waals surface area contributed by atoms with Gasteiger partial charge in [0, 0.05) is 11.8 Å². The molecule has 0 amide bonds. The molecule has 0 atom stereocenters. The predicted molar refractivity (Wildman–Crippen MR) is 61.0 cm³/mol. The number of benzene rings is 1. The second-order valence-electron chi connectivity index (χ2n) is 3.43. The van der Waals surface area contributed by atoms with E-state index in [9.17, 15) is 9.18 Å². The van der Waals surface area contributed by atoms with Gasteiger partial charge >= 0.3 is 5.97 Å². The monoisotopic (exact) mass is 232 g/mol. The average molecular weight is 232 g/mol. The quantitative estimate of drug-likeness (QED) is 0.831. The van der Waals surface area contributed by atoms with Gasteiger partial charge in [0.25, 0.3) is 0 Å². The fourth-order valence-electron chi connectivity index (χ4n) is 1.57. The third-order valence-electron chi connectivity index (χ3n) is 2.35. The van der Waals surface area contributed by atoms with Gasteiger partial charge in [-0.05, 0) is 23.8 Å². The van der Waals surface area contributed by atoms with Crippen molar-refractivity contribution < 1.29 is 14.3 Å². The van der Waals surface area contributed by atoms with Crippen LogP contribution in [-0.2, 0) is 0 Å². The first-order valence-corrected chi connectivity index (χ1v) is 4.83. The van der Waals surface area contributed by atoms with Crippen molar-refractivity contribution in [3.63, 3.8) is 0 Å². The molecule has 0 aliphatic carbocycles. The van der Waals surface area contributed by atoms with Crippen LogP contribution in [0.3, 0.4) is 0 Å². The second-order valence-corrected chi connectivity index (χ2v) is 3.43. The van der Waals surface area contributed by atoms with E-state index in [1.165, 1.54) is 36.5 Å². The van der Waals surface area contributed by atoms with Crippen LogP contribution >= 0.6 is 0 Å². The number of nitrogens with two attached hydrogens (primary N) is 1. The Kier molecular flexibility index (Phi) is 2.74. The molecule has 0 aliphatic heterocycles. The Hall–Kier alpha value is -2.43. The smallest absolute Gasteiger partial charge is 0.340 e. The lowest BCUT2D eigenvalue weighted by atomic mass is 10.0. The van der Waals surface area contributed by atoms with Crippen molar-refractivity contribution in [3.05, 3.63) is 47.9 Å². The first-order chi connectivity index (χ1) is 8.09. The molecule has 1 aromatic carbocycles. The molecule has 2 aromatic rings. The lowest BCUT2D eigenvalue weighted by Gasteiger charge is -2.07. The minimum absolute atomic E-state index is 0.0562. The fourth-order valence-corrected chi connectivity index (χ4v) is 1.57. The summed E-state index contributed by atoms with van der Waals surface area (Å²) >= 11 is 0. The zero-order valence-corrected chi connectivity index (χ0v) is 8.72. The van der Waals surface area contributed by atoms with Crippen LogP contribution in [0.4, 0.5) is 10.2 Å². The maximum Gasteiger partial charge on any atom is 0.340 e. The summed E-state index contributed by atoms with van der Waals surface area (Å²) in [6.45, 7) is 0. The maximum atomic E-state index is 12.8. The molecule has 0 aliphatic rings. The number of nitrogens with zero attached hydrogens (tertiary/aromatic N) is 1. The molecule has 0 unspecified atom stereocenters. The summed E-state index contributed by atoms with van der Waals surface area (Å²) in [4.78, 5) is 14.8. The highest BCUT2D eigenvalue weighted by Gasteiger charge is 2.15. The van der Waals surface area contributed by atoms with E-state index in [0.717, 1.165) is 0 Å². The highest BCUT2D eigenvalue weighted by Crippen LogP contribution is 2.26. The van der Waals surface area contributed by atoms with Gasteiger partial charge in [0.05, 0.1) is 0 Å². The number of rotatable bonds is 2. The lowest BCUT2D eigenvalue weighted by molar-refractivity contribution is 0.0698. The largest absolute Gasteiger partial charge is 0.478 e. The number of aromatic nitrogens is 1. The van der Waals surface area contributed by atoms with E-state index in [0.29, 0.717) is 11.1 Å². The van der Waals surface area contributed by atoms with Crippen molar-refractivity contribution in [2.75, 3.05) is 5.73 Å². The Morgan fingerprint density at radius 1 is 1.24 bits per heavy atom. The Balaban J connectivity index is 2.63. The molecule has 0 saturated heterocycles. The molecule has 1 heterocycles. The number of anilines is 1. The third kappa shape index (κ3) is 2.08. The number of hydrogen-bond donors (Lipinski definition) is 2. The van der Waals surface area contributed by atoms with Gasteiger partial charge in [0.2, 0.25) is 0 Å². The van der Waals surface area contributed by atoms with Crippen LogP contribution in [0.25, 0.3) is 11.1 Å². The van der Waals surface area contributed by atoms with E-state index in [4.69, 9.17) is 10.8 Å². The number of aromatic carboxylic acids is 1. The average Bonchev–Trinajstić information content (AvgIpc) is 2.29. The van der Waals surface area contributed by atoms with Gasteiger partial charge in [-0.3, -0.25) is 0 Å². The van der Waals surface area contributed by atoms with E-state index in [-0.39, 0.29) is 17.2 Å². The molecular weight excluding hydrogens is 223 g/mol. The molecule has 86 valence electrons. The fraction of sp³-hybridized carbons (Fsp3) is 0. The molecule has 3 N–H and O–H groups in total. The maximum absolute atomic E-state index is 12.8. The number of carbonyl (C=O) groups is 1. The van der Waals surface area contributed by atoms with Crippen molar-refractivity contribution in [2.24, 2.45) is 0 Å². The number of carboxylic acid groups (broad SMARTS) is 1. The van der Waals surface area contributed by atoms with Crippen molar-refractivity contribution in [2.45, 2.75) is 0 Å². The predicted octanol–water partition coefficient (Wildman–Crippen LogP) is 2.17. The van der Waals surface area contributed by atoms with Crippen LogP contribution in [0.15, 0.2) is 36.5 Å². The summed E-state index contributed by atoms with van der Waals surface area (Å²) in [7, 11) is 0. The second kappa shape index (κ2) is 4.21. The summed E-state index contributed by atoms with van der Waals surface area (Å²) in [5, 5.41) is 9.07. The molecule has 5 heteroatoms. The van der Waals surface area contributed by atoms with Crippen molar-refractivity contribution in [3.8, 4) is 11.1 Å². The number of nitrogen functional groups attached to an aromatic ring is 1. The Labute approximate surface area is 96.5 Å². The molecule has 17 heavy (non-hydrogen) atoms. The minimum atomic E-state index is -1.16. The molecule has 2 rings (SSSR count). The molecule has 1 aromatic heterocycles. The summed E-state index contributed by atoms with van der Waals surface area (Å²) in [6.07, 6.45) is 1.42. The van der Waals surface area contributed by atoms with E-state index < -0.39 is 5.97 Å². The summed E-state index contributed by atoms with van der Waals surface area (Å²) in [6, 6.07) is 7.05. The lowest BCUT2D eigenvalue weighted by Crippen LogP contribution is -2.06. The van der Waals surface area contributed by atoms with E-state index in [1.54, 1.807) is 0 Å². The molecule has 0 radical (unpaired) electrons. The van der Waals surface area contributed by atoms with Gasteiger partial charge in [-0.15, -0.1) is 0 Å². The van der Waals surface area contributed by atoms with Gasteiger partial charge in [0.1, 0.15) is 17.2 Å². The Bertz CT molecular complexity index is 567. The van der Waals surface area contributed by atoms with Gasteiger partial charge in [-0.1, -0.05) is 12.1 Å². The van der Waals surface area contributed by atoms with Crippen LogP contribution < -0.4 is 5.73 Å². The van der Waals surface area contributed by atoms with E-state index in [2.05, 4.69) is 4.98 Å². The van der Waals surface area contributed by atoms with Crippen LogP contribution in [0.5, 0.6) is 0 Å². The first kappa shape index (κ1) is 11.1. The third-order valence-corrected chi connectivity index (χ3v) is 2.35. The Morgan fingerprint density at radius 2 is 1.88 bits per heavy atom. The molecule has 4 nitrogen and oxygen atoms in total. The van der Waals surface area contributed by atoms with Crippen LogP contribution in [0, 0.1) is 5.82 Å². The zero-order valence-electron chi connectivity index (χ0n) is 8.72. The summed E-state index contributed by atoms with van der Waals surface area (Å²) in [5.41, 5.74) is 6.46. The number of carboxylic acids is 1. The first-order valence-electron chi connectivity index (χ1n) is 4.83. The standard InChI is InChI=1S/C12H9FN2O2/c13-8-3-1-7(2-4-8)9-5-6-15-11(14)10(9)12(16)17/h1-6H,(H2,14,15)(H,16,17). The number of halogens is 1. The van der Waals surface area contributed by atoms with Gasteiger partial charge < -0.3 is 10.8 Å². The van der Waals surface area contributed by atoms with Crippen LogP contribution in [-0.4, -0.2) is 16.1 Å². The van der Waals surface area contributed by atoms with Crippen molar-refractivity contribution >= 4 is 11.8 Å². The minimum Gasteiger partial charge on any atom is -0.478 e. The molecule has 0 spiro atoms. The van der Waals surface area contributed by atoms with Gasteiger partial charge in [-0.2, -0.15) is 0 Å². The topological polar surface area (TPSA) is 76.2 Å². The van der Waals surface area contributed by atoms with Crippen molar-refractivity contribution in [1.82, 2.24) is 4.98 Å². The number of pyridine rings is 1. The zero-order chi connectivity index (χ0) is 12.4. The summed E-state index contributed by atoms with van der Waals surface area (Å²) in [5.74, 6) is -1.60. The van der Waals surface area contributed by atoms with Gasteiger partial charge in [-0.25, -0.2) is 14.2 Å². The van der Waals surface area contributed by atoms with Gasteiger partial charge in [0.15, 0.2) is 0 Å². The SMILES string of the molecule is Nc1nccc(-c2ccc(F)cc2)c1C(=O)O. The van der Waals surface area contributed by atoms with E-state index >= 15 is 0 Å². The molecular formula is C12H9FN2O2. The summed E-state index contributed by atoms with van der Waals surface area (Å²) < 4.78 is 12.8. The highest BCUT2D eigenvalue weighted by atomic mass is 19.1. The normalized spacial score (nSPS) is 10.2. The molecule has 0 fully saturated rings.